The zero-order valence-corrected chi connectivity index (χ0v) is 16.4. The second kappa shape index (κ2) is 8.34. The van der Waals surface area contributed by atoms with E-state index in [2.05, 4.69) is 30.5 Å². The molecule has 1 aromatic carbocycles. The molecule has 0 spiro atoms. The Hall–Kier alpha value is -3.35. The summed E-state index contributed by atoms with van der Waals surface area (Å²) in [4.78, 5) is 24.4. The molecular formula is C16H14ClN7O4S. The number of halogens is 1. The number of anilines is 3. The molecule has 0 aliphatic carbocycles. The number of pyridine rings is 1. The summed E-state index contributed by atoms with van der Waals surface area (Å²) in [5.74, 6) is -0.281. The minimum Gasteiger partial charge on any atom is -0.319 e. The summed E-state index contributed by atoms with van der Waals surface area (Å²) >= 11 is 5.77. The summed E-state index contributed by atoms with van der Waals surface area (Å²) in [7, 11) is -3.99. The van der Waals surface area contributed by atoms with E-state index in [0.29, 0.717) is 5.02 Å². The number of rotatable bonds is 7. The Morgan fingerprint density at radius 2 is 1.72 bits per heavy atom. The fourth-order valence-corrected chi connectivity index (χ4v) is 3.15. The zero-order valence-electron chi connectivity index (χ0n) is 14.8. The minimum absolute atomic E-state index is 0.0176. The molecule has 0 radical (unpaired) electrons. The van der Waals surface area contributed by atoms with Crippen molar-refractivity contribution >= 4 is 44.8 Å². The molecule has 0 unspecified atom stereocenters. The number of hydrogen-bond donors (Lipinski definition) is 3. The van der Waals surface area contributed by atoms with E-state index in [4.69, 9.17) is 11.6 Å². The Labute approximate surface area is 170 Å². The second-order valence-corrected chi connectivity index (χ2v) is 7.83. The van der Waals surface area contributed by atoms with Gasteiger partial charge in [0.05, 0.1) is 14.8 Å². The number of aryl methyl sites for hydroxylation is 1. The monoisotopic (exact) mass is 435 g/mol. The molecule has 0 saturated carbocycles. The third-order valence-electron chi connectivity index (χ3n) is 3.61. The molecule has 2 heterocycles. The molecule has 0 atom stereocenters. The van der Waals surface area contributed by atoms with Gasteiger partial charge >= 0.3 is 5.69 Å². The van der Waals surface area contributed by atoms with Crippen LogP contribution in [0.2, 0.25) is 5.02 Å². The van der Waals surface area contributed by atoms with Crippen LogP contribution in [0.15, 0.2) is 53.8 Å². The molecule has 0 aliphatic rings. The highest BCUT2D eigenvalue weighted by Crippen LogP contribution is 2.30. The first kappa shape index (κ1) is 20.4. The van der Waals surface area contributed by atoms with Crippen LogP contribution >= 0.6 is 11.6 Å². The number of nitro groups is 1. The van der Waals surface area contributed by atoms with Crippen molar-refractivity contribution in [2.45, 2.75) is 11.8 Å². The number of hydrazine groups is 1. The molecule has 0 amide bonds. The van der Waals surface area contributed by atoms with Crippen molar-refractivity contribution in [3.63, 3.8) is 0 Å². The number of nitrogens with zero attached hydrogens (tertiary/aromatic N) is 4. The predicted molar refractivity (Wildman–Crippen MR) is 106 cm³/mol. The van der Waals surface area contributed by atoms with E-state index in [1.54, 1.807) is 18.2 Å². The Balaban J connectivity index is 1.86. The van der Waals surface area contributed by atoms with E-state index < -0.39 is 20.6 Å². The third kappa shape index (κ3) is 4.93. The quantitative estimate of drug-likeness (QED) is 0.375. The first-order valence-corrected chi connectivity index (χ1v) is 9.85. The lowest BCUT2D eigenvalue weighted by Gasteiger charge is -2.11. The van der Waals surface area contributed by atoms with Crippen molar-refractivity contribution in [3.05, 3.63) is 69.6 Å². The minimum atomic E-state index is -3.99. The van der Waals surface area contributed by atoms with E-state index >= 15 is 0 Å². The molecule has 3 N–H and O–H groups in total. The lowest BCUT2D eigenvalue weighted by molar-refractivity contribution is -0.383. The van der Waals surface area contributed by atoms with Crippen LogP contribution in [0.5, 0.6) is 0 Å². The number of aromatic nitrogens is 3. The number of sulfonamides is 1. The van der Waals surface area contributed by atoms with Crippen molar-refractivity contribution in [1.82, 2.24) is 19.8 Å². The molecule has 0 saturated heterocycles. The van der Waals surface area contributed by atoms with Crippen molar-refractivity contribution < 1.29 is 13.3 Å². The van der Waals surface area contributed by atoms with Crippen LogP contribution in [-0.4, -0.2) is 28.3 Å². The Bertz CT molecular complexity index is 1140. The summed E-state index contributed by atoms with van der Waals surface area (Å²) in [5.41, 5.74) is 2.58. The topological polar surface area (TPSA) is 152 Å². The van der Waals surface area contributed by atoms with Gasteiger partial charge in [0.1, 0.15) is 12.1 Å². The maximum Gasteiger partial charge on any atom is 0.354 e. The zero-order chi connectivity index (χ0) is 21.0. The molecule has 2 aromatic heterocycles. The number of benzene rings is 1. The van der Waals surface area contributed by atoms with Crippen LogP contribution in [0.4, 0.5) is 23.1 Å². The molecule has 0 fully saturated rings. The maximum atomic E-state index is 12.4. The van der Waals surface area contributed by atoms with Crippen LogP contribution < -0.4 is 15.6 Å². The summed E-state index contributed by atoms with van der Waals surface area (Å²) in [6.45, 7) is 1.82. The first-order chi connectivity index (χ1) is 13.8. The van der Waals surface area contributed by atoms with Gasteiger partial charge in [0.2, 0.25) is 11.6 Å². The van der Waals surface area contributed by atoms with Gasteiger partial charge in [0, 0.05) is 6.20 Å². The van der Waals surface area contributed by atoms with Crippen molar-refractivity contribution in [3.8, 4) is 0 Å². The van der Waals surface area contributed by atoms with E-state index in [9.17, 15) is 18.5 Å². The summed E-state index contributed by atoms with van der Waals surface area (Å²) in [6, 6.07) is 9.12. The van der Waals surface area contributed by atoms with Crippen molar-refractivity contribution in [2.24, 2.45) is 0 Å². The highest BCUT2D eigenvalue weighted by Gasteiger charge is 2.25. The smallest absolute Gasteiger partial charge is 0.319 e. The molecular weight excluding hydrogens is 422 g/mol. The van der Waals surface area contributed by atoms with Gasteiger partial charge in [0.25, 0.3) is 10.0 Å². The van der Waals surface area contributed by atoms with Gasteiger partial charge in [-0.05, 0) is 31.2 Å². The Kier molecular flexibility index (Phi) is 5.87. The average molecular weight is 436 g/mol. The van der Waals surface area contributed by atoms with Gasteiger partial charge in [0.15, 0.2) is 0 Å². The van der Waals surface area contributed by atoms with Gasteiger partial charge in [-0.2, -0.15) is 0 Å². The van der Waals surface area contributed by atoms with Crippen LogP contribution in [0.25, 0.3) is 0 Å². The van der Waals surface area contributed by atoms with E-state index in [1.165, 1.54) is 24.4 Å². The number of nitrogens with one attached hydrogen (secondary N) is 3. The van der Waals surface area contributed by atoms with Crippen LogP contribution in [-0.2, 0) is 10.0 Å². The van der Waals surface area contributed by atoms with Crippen LogP contribution in [0.1, 0.15) is 5.56 Å². The molecule has 150 valence electrons. The SMILES string of the molecule is Cc1ccc(S(=O)(=O)NNc2ncnc(Nc3ccc(Cl)cn3)c2[N+](=O)[O-])cc1. The second-order valence-electron chi connectivity index (χ2n) is 5.71. The molecule has 11 nitrogen and oxygen atoms in total. The third-order valence-corrected chi connectivity index (χ3v) is 5.10. The summed E-state index contributed by atoms with van der Waals surface area (Å²) in [5, 5.41) is 14.6. The normalized spacial score (nSPS) is 11.1. The molecule has 0 bridgehead atoms. The van der Waals surface area contributed by atoms with E-state index in [-0.39, 0.29) is 22.3 Å². The van der Waals surface area contributed by atoms with Gasteiger partial charge in [-0.1, -0.05) is 29.3 Å². The van der Waals surface area contributed by atoms with Gasteiger partial charge in [-0.25, -0.2) is 23.4 Å². The Morgan fingerprint density at radius 3 is 2.34 bits per heavy atom. The highest BCUT2D eigenvalue weighted by atomic mass is 35.5. The van der Waals surface area contributed by atoms with E-state index in [0.717, 1.165) is 11.9 Å². The predicted octanol–water partition coefficient (Wildman–Crippen LogP) is 2.79. The van der Waals surface area contributed by atoms with Crippen molar-refractivity contribution in [2.75, 3.05) is 10.7 Å². The molecule has 29 heavy (non-hydrogen) atoms. The molecule has 0 aliphatic heterocycles. The van der Waals surface area contributed by atoms with E-state index in [1.807, 2.05) is 6.92 Å². The van der Waals surface area contributed by atoms with Gasteiger partial charge < -0.3 is 5.32 Å². The lowest BCUT2D eigenvalue weighted by Crippen LogP contribution is -2.30. The lowest BCUT2D eigenvalue weighted by atomic mass is 10.2. The van der Waals surface area contributed by atoms with Crippen molar-refractivity contribution in [1.29, 1.82) is 0 Å². The van der Waals surface area contributed by atoms with Crippen LogP contribution in [0.3, 0.4) is 0 Å². The molecule has 3 rings (SSSR count). The first-order valence-electron chi connectivity index (χ1n) is 7.99. The van der Waals surface area contributed by atoms with Gasteiger partial charge in [-0.3, -0.25) is 15.5 Å². The van der Waals surface area contributed by atoms with Gasteiger partial charge in [-0.15, -0.1) is 4.83 Å². The largest absolute Gasteiger partial charge is 0.354 e. The average Bonchev–Trinajstić information content (AvgIpc) is 2.68. The van der Waals surface area contributed by atoms with Crippen LogP contribution in [0, 0.1) is 17.0 Å². The molecule has 3 aromatic rings. The Morgan fingerprint density at radius 1 is 1.03 bits per heavy atom. The fourth-order valence-electron chi connectivity index (χ4n) is 2.20. The summed E-state index contributed by atoms with van der Waals surface area (Å²) < 4.78 is 24.8. The fraction of sp³-hybridized carbons (Fsp3) is 0.0625. The number of hydrogen-bond acceptors (Lipinski definition) is 9. The maximum absolute atomic E-state index is 12.4. The highest BCUT2D eigenvalue weighted by molar-refractivity contribution is 7.89. The standard InChI is InChI=1S/C16H14ClN7O4S/c1-10-2-5-12(6-3-10)29(27,28)23-22-16-14(24(25)26)15(19-9-20-16)21-13-7-4-11(17)8-18-13/h2-9,23H,1H3,(H2,18,19,20,21,22). The molecule has 13 heteroatoms. The summed E-state index contributed by atoms with van der Waals surface area (Å²) in [6.07, 6.45) is 2.39.